The molecule has 4 heteroatoms. The van der Waals surface area contributed by atoms with E-state index in [9.17, 15) is 15.3 Å². The Bertz CT molecular complexity index is 187. The van der Waals surface area contributed by atoms with Crippen LogP contribution in [0.15, 0.2) is 22.1 Å². The molecule has 0 spiro atoms. The molecule has 3 nitrogen and oxygen atoms in total. The third kappa shape index (κ3) is 73.0. The SMILES string of the molecule is CC(C)[O-].CC(C)[O-].CC(C)[O-].[Ti+3][C]1=CC=CC1. The molecule has 0 radical (unpaired) electrons. The van der Waals surface area contributed by atoms with Gasteiger partial charge in [0.2, 0.25) is 0 Å². The average Bonchev–Trinajstić information content (AvgIpc) is 2.51. The standard InChI is InChI=1S/C5H5.3C3H7O.Ti/c1-2-4-5-3-1;3*1-3(2)4;/h1-3H,4H2;3*3H,1-2H3;/q;3*-1;+3. The molecule has 0 saturated heterocycles. The molecule has 1 aliphatic carbocycles. The van der Waals surface area contributed by atoms with Gasteiger partial charge in [-0.1, -0.05) is 41.5 Å². The van der Waals surface area contributed by atoms with Crippen LogP contribution in [0.4, 0.5) is 0 Å². The predicted octanol–water partition coefficient (Wildman–Crippen LogP) is 0.642. The van der Waals surface area contributed by atoms with Crippen LogP contribution in [0.25, 0.3) is 0 Å². The summed E-state index contributed by atoms with van der Waals surface area (Å²) in [5, 5.41) is 28.6. The molecule has 0 bridgehead atoms. The fourth-order valence-electron chi connectivity index (χ4n) is 0.447. The van der Waals surface area contributed by atoms with Gasteiger partial charge in [0.1, 0.15) is 0 Å². The Kier molecular flexibility index (Phi) is 22.0. The first-order valence-electron chi connectivity index (χ1n) is 6.14. The molecule has 0 atom stereocenters. The van der Waals surface area contributed by atoms with E-state index >= 15 is 0 Å². The normalized spacial score (nSPS) is 12.2. The molecule has 104 valence electrons. The summed E-state index contributed by atoms with van der Waals surface area (Å²) in [6, 6.07) is 0. The van der Waals surface area contributed by atoms with Gasteiger partial charge in [0.25, 0.3) is 0 Å². The fraction of sp³-hybridized carbons (Fsp3) is 0.714. The van der Waals surface area contributed by atoms with Gasteiger partial charge in [-0.05, 0) is 0 Å². The van der Waals surface area contributed by atoms with Crippen molar-refractivity contribution in [1.29, 1.82) is 0 Å². The van der Waals surface area contributed by atoms with E-state index in [2.05, 4.69) is 38.7 Å². The zero-order valence-corrected chi connectivity index (χ0v) is 14.0. The van der Waals surface area contributed by atoms with Crippen molar-refractivity contribution < 1.29 is 35.8 Å². The van der Waals surface area contributed by atoms with Crippen molar-refractivity contribution in [2.45, 2.75) is 66.3 Å². The molecular formula is C14H26O3Ti. The first-order chi connectivity index (χ1) is 8.09. The molecule has 0 saturated carbocycles. The summed E-state index contributed by atoms with van der Waals surface area (Å²) < 4.78 is 1.47. The molecule has 1 rings (SSSR count). The number of hydrogen-bond donors (Lipinski definition) is 0. The monoisotopic (exact) mass is 290 g/mol. The van der Waals surface area contributed by atoms with Crippen LogP contribution >= 0.6 is 0 Å². The van der Waals surface area contributed by atoms with Gasteiger partial charge in [-0.2, -0.15) is 0 Å². The number of allylic oxidation sites excluding steroid dienone is 4. The van der Waals surface area contributed by atoms with Crippen LogP contribution in [0, 0.1) is 0 Å². The average molecular weight is 290 g/mol. The second kappa shape index (κ2) is 17.1. The van der Waals surface area contributed by atoms with E-state index in [-0.39, 0.29) is 0 Å². The summed E-state index contributed by atoms with van der Waals surface area (Å²) >= 11 is 2.14. The van der Waals surface area contributed by atoms with Crippen molar-refractivity contribution in [1.82, 2.24) is 0 Å². The van der Waals surface area contributed by atoms with Gasteiger partial charge >= 0.3 is 49.0 Å². The second-order valence-corrected chi connectivity index (χ2v) is 5.47. The van der Waals surface area contributed by atoms with E-state index in [0.29, 0.717) is 0 Å². The number of rotatable bonds is 0. The minimum atomic E-state index is -0.417. The van der Waals surface area contributed by atoms with Crippen molar-refractivity contribution in [2.24, 2.45) is 0 Å². The Morgan fingerprint density at radius 3 is 1.22 bits per heavy atom. The quantitative estimate of drug-likeness (QED) is 0.615. The maximum absolute atomic E-state index is 9.53. The van der Waals surface area contributed by atoms with Crippen LogP contribution in [0.5, 0.6) is 0 Å². The van der Waals surface area contributed by atoms with E-state index in [1.54, 1.807) is 41.5 Å². The Morgan fingerprint density at radius 2 is 1.17 bits per heavy atom. The zero-order valence-electron chi connectivity index (χ0n) is 12.4. The fourth-order valence-corrected chi connectivity index (χ4v) is 0.782. The van der Waals surface area contributed by atoms with Gasteiger partial charge in [-0.25, -0.2) is 0 Å². The molecule has 0 N–H and O–H groups in total. The molecule has 0 unspecified atom stereocenters. The Morgan fingerprint density at radius 1 is 0.889 bits per heavy atom. The minimum absolute atomic E-state index is 0.417. The van der Waals surface area contributed by atoms with Crippen molar-refractivity contribution in [2.75, 3.05) is 0 Å². The Balaban J connectivity index is -0.000000171. The molecule has 0 aliphatic heterocycles. The van der Waals surface area contributed by atoms with Crippen LogP contribution in [0.3, 0.4) is 0 Å². The summed E-state index contributed by atoms with van der Waals surface area (Å²) in [6.07, 6.45) is 6.31. The first-order valence-corrected chi connectivity index (χ1v) is 6.92. The van der Waals surface area contributed by atoms with E-state index in [1.807, 2.05) is 0 Å². The van der Waals surface area contributed by atoms with Crippen LogP contribution < -0.4 is 15.3 Å². The van der Waals surface area contributed by atoms with Crippen molar-refractivity contribution in [3.8, 4) is 0 Å². The molecule has 1 aliphatic rings. The van der Waals surface area contributed by atoms with E-state index < -0.39 is 18.3 Å². The molecule has 0 amide bonds. The number of hydrogen-bond acceptors (Lipinski definition) is 3. The van der Waals surface area contributed by atoms with Gasteiger partial charge in [-0.3, -0.25) is 0 Å². The summed E-state index contributed by atoms with van der Waals surface area (Å²) in [4.78, 5) is 0. The molecule has 18 heavy (non-hydrogen) atoms. The van der Waals surface area contributed by atoms with Crippen LogP contribution in [0.2, 0.25) is 0 Å². The summed E-state index contributed by atoms with van der Waals surface area (Å²) in [6.45, 7) is 9.67. The van der Waals surface area contributed by atoms with E-state index in [1.165, 1.54) is 10.3 Å². The van der Waals surface area contributed by atoms with Crippen LogP contribution in [-0.2, 0) is 20.4 Å². The molecular weight excluding hydrogens is 264 g/mol. The molecule has 0 aromatic heterocycles. The third-order valence-electron chi connectivity index (χ3n) is 0.771. The van der Waals surface area contributed by atoms with E-state index in [0.717, 1.165) is 0 Å². The second-order valence-electron chi connectivity index (χ2n) is 4.47. The summed E-state index contributed by atoms with van der Waals surface area (Å²) in [5.74, 6) is 0. The zero-order chi connectivity index (χ0) is 15.1. The van der Waals surface area contributed by atoms with Crippen LogP contribution in [0.1, 0.15) is 48.0 Å². The van der Waals surface area contributed by atoms with E-state index in [4.69, 9.17) is 0 Å². The van der Waals surface area contributed by atoms with Crippen molar-refractivity contribution >= 4 is 0 Å². The molecule has 0 aromatic carbocycles. The Hall–Kier alpha value is 0.0743. The van der Waals surface area contributed by atoms with Crippen LogP contribution in [-0.4, -0.2) is 18.3 Å². The van der Waals surface area contributed by atoms with Gasteiger partial charge in [-0.15, -0.1) is 18.3 Å². The van der Waals surface area contributed by atoms with Crippen molar-refractivity contribution in [3.05, 3.63) is 22.1 Å². The van der Waals surface area contributed by atoms with Gasteiger partial charge in [0, 0.05) is 0 Å². The maximum atomic E-state index is 9.53. The summed E-state index contributed by atoms with van der Waals surface area (Å²) in [5.41, 5.74) is 0. The Labute approximate surface area is 124 Å². The first kappa shape index (κ1) is 23.2. The molecule has 0 heterocycles. The van der Waals surface area contributed by atoms with Gasteiger partial charge in [0.15, 0.2) is 0 Å². The third-order valence-corrected chi connectivity index (χ3v) is 1.35. The van der Waals surface area contributed by atoms with Gasteiger partial charge < -0.3 is 15.3 Å². The topological polar surface area (TPSA) is 69.2 Å². The van der Waals surface area contributed by atoms with Gasteiger partial charge in [0.05, 0.1) is 0 Å². The molecule has 0 fully saturated rings. The summed E-state index contributed by atoms with van der Waals surface area (Å²) in [7, 11) is 0. The predicted molar refractivity (Wildman–Crippen MR) is 67.2 cm³/mol. The molecule has 0 aromatic rings. The van der Waals surface area contributed by atoms with Crippen molar-refractivity contribution in [3.63, 3.8) is 0 Å².